The van der Waals surface area contributed by atoms with Gasteiger partial charge in [-0.15, -0.1) is 11.3 Å². The summed E-state index contributed by atoms with van der Waals surface area (Å²) in [5.74, 6) is -0.0697. The summed E-state index contributed by atoms with van der Waals surface area (Å²) in [6, 6.07) is -0.0945. The molecule has 0 fully saturated rings. The van der Waals surface area contributed by atoms with Gasteiger partial charge in [-0.05, 0) is 6.42 Å². The van der Waals surface area contributed by atoms with Gasteiger partial charge in [0.05, 0.1) is 17.2 Å². The molecule has 0 aromatic carbocycles. The van der Waals surface area contributed by atoms with Crippen LogP contribution < -0.4 is 5.32 Å². The lowest BCUT2D eigenvalue weighted by Crippen LogP contribution is -2.28. The van der Waals surface area contributed by atoms with Gasteiger partial charge in [-0.2, -0.15) is 5.10 Å². The third-order valence-electron chi connectivity index (χ3n) is 2.23. The maximum Gasteiger partial charge on any atom is 0.217 e. The number of hydrogen-bond donors (Lipinski definition) is 1. The second-order valence-corrected chi connectivity index (χ2v) is 4.16. The second kappa shape index (κ2) is 6.80. The molecule has 1 amide bonds. The van der Waals surface area contributed by atoms with Crippen molar-refractivity contribution in [1.29, 1.82) is 0 Å². The fourth-order valence-corrected chi connectivity index (χ4v) is 2.02. The smallest absolute Gasteiger partial charge is 0.217 e. The topological polar surface area (TPSA) is 57.6 Å². The van der Waals surface area contributed by atoms with Crippen molar-refractivity contribution >= 4 is 24.0 Å². The lowest BCUT2D eigenvalue weighted by molar-refractivity contribution is -0.119. The van der Waals surface area contributed by atoms with Crippen molar-refractivity contribution in [2.24, 2.45) is 5.10 Å². The monoisotopic (exact) mass is 252 g/mol. The first kappa shape index (κ1) is 13.4. The minimum Gasteiger partial charge on any atom is -0.348 e. The number of thiazole rings is 1. The minimum atomic E-state index is -0.0945. The SMILES string of the molecule is C=CN(CCC(NC(C)=O)c1cscn1)N=C. The van der Waals surface area contributed by atoms with Crippen molar-refractivity contribution in [3.8, 4) is 0 Å². The molecule has 0 aliphatic heterocycles. The summed E-state index contributed by atoms with van der Waals surface area (Å²) in [6.07, 6.45) is 2.30. The zero-order valence-corrected chi connectivity index (χ0v) is 10.6. The van der Waals surface area contributed by atoms with Gasteiger partial charge in [0.25, 0.3) is 0 Å². The Balaban J connectivity index is 2.61. The van der Waals surface area contributed by atoms with Crippen LogP contribution in [0.4, 0.5) is 0 Å². The molecule has 0 aliphatic carbocycles. The van der Waals surface area contributed by atoms with Crippen LogP contribution in [0.1, 0.15) is 25.1 Å². The lowest BCUT2D eigenvalue weighted by atomic mass is 10.1. The van der Waals surface area contributed by atoms with Crippen molar-refractivity contribution in [2.45, 2.75) is 19.4 Å². The van der Waals surface area contributed by atoms with Crippen LogP contribution >= 0.6 is 11.3 Å². The third kappa shape index (κ3) is 4.36. The van der Waals surface area contributed by atoms with E-state index in [1.165, 1.54) is 18.3 Å². The Labute approximate surface area is 105 Å². The van der Waals surface area contributed by atoms with E-state index in [0.717, 1.165) is 5.69 Å². The van der Waals surface area contributed by atoms with Crippen molar-refractivity contribution in [3.63, 3.8) is 0 Å². The van der Waals surface area contributed by atoms with Crippen LogP contribution in [0.15, 0.2) is 28.8 Å². The highest BCUT2D eigenvalue weighted by atomic mass is 32.1. The average Bonchev–Trinajstić information content (AvgIpc) is 2.81. The first-order chi connectivity index (χ1) is 8.17. The molecule has 1 rings (SSSR count). The van der Waals surface area contributed by atoms with Crippen LogP contribution in [0.5, 0.6) is 0 Å². The van der Waals surface area contributed by atoms with Crippen LogP contribution in [-0.4, -0.2) is 29.2 Å². The van der Waals surface area contributed by atoms with E-state index in [-0.39, 0.29) is 11.9 Å². The fraction of sp³-hybridized carbons (Fsp3) is 0.364. The summed E-state index contributed by atoms with van der Waals surface area (Å²) in [7, 11) is 0. The molecule has 1 aromatic rings. The van der Waals surface area contributed by atoms with Crippen molar-refractivity contribution in [1.82, 2.24) is 15.3 Å². The molecule has 92 valence electrons. The zero-order chi connectivity index (χ0) is 12.7. The number of hydrazone groups is 1. The summed E-state index contributed by atoms with van der Waals surface area (Å²) in [4.78, 5) is 15.3. The summed E-state index contributed by atoms with van der Waals surface area (Å²) in [5, 5.41) is 10.2. The minimum absolute atomic E-state index is 0.0697. The Kier molecular flexibility index (Phi) is 5.35. The van der Waals surface area contributed by atoms with Gasteiger partial charge in [-0.3, -0.25) is 9.80 Å². The molecular formula is C11H16N4OS. The molecule has 6 heteroatoms. The quantitative estimate of drug-likeness (QED) is 0.594. The Morgan fingerprint density at radius 1 is 1.82 bits per heavy atom. The molecule has 0 saturated heterocycles. The Morgan fingerprint density at radius 3 is 3.06 bits per heavy atom. The zero-order valence-electron chi connectivity index (χ0n) is 9.80. The maximum atomic E-state index is 11.1. The number of carbonyl (C=O) groups excluding carboxylic acids is 1. The van der Waals surface area contributed by atoms with Crippen LogP contribution in [0.3, 0.4) is 0 Å². The first-order valence-electron chi connectivity index (χ1n) is 5.18. The summed E-state index contributed by atoms with van der Waals surface area (Å²) < 4.78 is 0. The number of amides is 1. The molecule has 0 spiro atoms. The van der Waals surface area contributed by atoms with Crippen molar-refractivity contribution < 1.29 is 4.79 Å². The molecule has 1 atom stereocenters. The van der Waals surface area contributed by atoms with Crippen LogP contribution in [0.25, 0.3) is 0 Å². The van der Waals surface area contributed by atoms with Gasteiger partial charge in [-0.25, -0.2) is 4.98 Å². The highest BCUT2D eigenvalue weighted by Gasteiger charge is 2.15. The van der Waals surface area contributed by atoms with E-state index in [2.05, 4.69) is 28.7 Å². The van der Waals surface area contributed by atoms with Gasteiger partial charge in [0.1, 0.15) is 0 Å². The van der Waals surface area contributed by atoms with E-state index in [9.17, 15) is 4.79 Å². The van der Waals surface area contributed by atoms with E-state index in [4.69, 9.17) is 0 Å². The van der Waals surface area contributed by atoms with E-state index in [1.807, 2.05) is 5.38 Å². The molecule has 17 heavy (non-hydrogen) atoms. The molecule has 0 aliphatic rings. The van der Waals surface area contributed by atoms with Crippen LogP contribution in [0.2, 0.25) is 0 Å². The third-order valence-corrected chi connectivity index (χ3v) is 2.83. The summed E-state index contributed by atoms with van der Waals surface area (Å²) in [5.41, 5.74) is 2.62. The lowest BCUT2D eigenvalue weighted by Gasteiger charge is -2.19. The van der Waals surface area contributed by atoms with Gasteiger partial charge in [0, 0.05) is 31.8 Å². The number of rotatable bonds is 7. The fourth-order valence-electron chi connectivity index (χ4n) is 1.41. The van der Waals surface area contributed by atoms with Crippen molar-refractivity contribution in [3.05, 3.63) is 29.4 Å². The highest BCUT2D eigenvalue weighted by molar-refractivity contribution is 7.07. The second-order valence-electron chi connectivity index (χ2n) is 3.44. The van der Waals surface area contributed by atoms with E-state index < -0.39 is 0 Å². The Hall–Kier alpha value is -1.69. The van der Waals surface area contributed by atoms with Gasteiger partial charge < -0.3 is 5.32 Å². The molecule has 1 heterocycles. The van der Waals surface area contributed by atoms with Gasteiger partial charge in [0.15, 0.2) is 0 Å². The standard InChI is InChI=1S/C11H16N4OS/c1-4-15(12-3)6-5-10(14-9(2)16)11-7-17-8-13-11/h4,7-8,10H,1,3,5-6H2,2H3,(H,14,16). The summed E-state index contributed by atoms with van der Waals surface area (Å²) in [6.45, 7) is 9.19. The van der Waals surface area contributed by atoms with Gasteiger partial charge in [-0.1, -0.05) is 6.58 Å². The molecule has 1 unspecified atom stereocenters. The number of hydrogen-bond acceptors (Lipinski definition) is 5. The molecule has 0 radical (unpaired) electrons. The molecular weight excluding hydrogens is 236 g/mol. The molecule has 0 saturated carbocycles. The first-order valence-corrected chi connectivity index (χ1v) is 6.12. The Morgan fingerprint density at radius 2 is 2.59 bits per heavy atom. The van der Waals surface area contributed by atoms with Crippen molar-refractivity contribution in [2.75, 3.05) is 6.54 Å². The van der Waals surface area contributed by atoms with Crippen LogP contribution in [-0.2, 0) is 4.79 Å². The van der Waals surface area contributed by atoms with Crippen LogP contribution in [0, 0.1) is 0 Å². The van der Waals surface area contributed by atoms with E-state index in [0.29, 0.717) is 13.0 Å². The largest absolute Gasteiger partial charge is 0.348 e. The van der Waals surface area contributed by atoms with E-state index >= 15 is 0 Å². The predicted octanol–water partition coefficient (Wildman–Crippen LogP) is 1.77. The molecule has 1 N–H and O–H groups in total. The summed E-state index contributed by atoms with van der Waals surface area (Å²) >= 11 is 1.51. The maximum absolute atomic E-state index is 11.1. The number of carbonyl (C=O) groups is 1. The number of aromatic nitrogens is 1. The average molecular weight is 252 g/mol. The Bertz CT molecular complexity index is 369. The predicted molar refractivity (Wildman–Crippen MR) is 69.7 cm³/mol. The van der Waals surface area contributed by atoms with Gasteiger partial charge in [0.2, 0.25) is 5.91 Å². The van der Waals surface area contributed by atoms with Gasteiger partial charge >= 0.3 is 0 Å². The van der Waals surface area contributed by atoms with E-state index in [1.54, 1.807) is 16.7 Å². The normalized spacial score (nSPS) is 11.6. The molecule has 0 bridgehead atoms. The molecule has 5 nitrogen and oxygen atoms in total. The number of nitrogens with zero attached hydrogens (tertiary/aromatic N) is 3. The number of nitrogens with one attached hydrogen (secondary N) is 1. The molecule has 1 aromatic heterocycles. The highest BCUT2D eigenvalue weighted by Crippen LogP contribution is 2.17.